The van der Waals surface area contributed by atoms with Crippen LogP contribution in [0.3, 0.4) is 0 Å². The minimum absolute atomic E-state index is 0. The molecule has 0 radical (unpaired) electrons. The number of rotatable bonds is 8. The molecule has 0 aromatic carbocycles. The lowest BCUT2D eigenvalue weighted by Gasteiger charge is -2.23. The molecule has 2 N–H and O–H groups in total. The van der Waals surface area contributed by atoms with Gasteiger partial charge in [-0.05, 0) is 46.1 Å². The van der Waals surface area contributed by atoms with Crippen LogP contribution < -0.4 is 10.6 Å². The van der Waals surface area contributed by atoms with E-state index in [1.54, 1.807) is 0 Å². The Morgan fingerprint density at radius 1 is 1.32 bits per heavy atom. The smallest absolute Gasteiger partial charge is 0.191 e. The summed E-state index contributed by atoms with van der Waals surface area (Å²) in [6.07, 6.45) is 5.01. The second kappa shape index (κ2) is 9.93. The summed E-state index contributed by atoms with van der Waals surface area (Å²) in [5.74, 6) is 0.918. The number of likely N-dealkylation sites (N-methyl/N-ethyl adjacent to an activating group) is 1. The Kier molecular flexibility index (Phi) is 9.01. The van der Waals surface area contributed by atoms with Crippen LogP contribution in [0, 0.1) is 0 Å². The van der Waals surface area contributed by atoms with Gasteiger partial charge in [0.1, 0.15) is 0 Å². The number of aliphatic imine (C=N–C) groups is 1. The van der Waals surface area contributed by atoms with Crippen LogP contribution >= 0.6 is 24.0 Å². The van der Waals surface area contributed by atoms with Crippen LogP contribution in [0.25, 0.3) is 0 Å². The van der Waals surface area contributed by atoms with E-state index in [0.29, 0.717) is 0 Å². The molecule has 6 heteroatoms. The van der Waals surface area contributed by atoms with E-state index in [9.17, 15) is 0 Å². The molecular formula is C16H33IN4O. The van der Waals surface area contributed by atoms with Crippen molar-refractivity contribution in [1.29, 1.82) is 0 Å². The van der Waals surface area contributed by atoms with Gasteiger partial charge in [-0.2, -0.15) is 0 Å². The van der Waals surface area contributed by atoms with E-state index >= 15 is 0 Å². The molecular weight excluding hydrogens is 391 g/mol. The van der Waals surface area contributed by atoms with Crippen LogP contribution in [-0.2, 0) is 4.74 Å². The molecule has 1 saturated carbocycles. The van der Waals surface area contributed by atoms with Gasteiger partial charge in [0.25, 0.3) is 0 Å². The predicted molar refractivity (Wildman–Crippen MR) is 103 cm³/mol. The van der Waals surface area contributed by atoms with Crippen molar-refractivity contribution in [1.82, 2.24) is 15.5 Å². The lowest BCUT2D eigenvalue weighted by atomic mass is 10.0. The highest BCUT2D eigenvalue weighted by Gasteiger charge is 2.29. The van der Waals surface area contributed by atoms with E-state index in [1.807, 2.05) is 0 Å². The molecule has 1 saturated heterocycles. The van der Waals surface area contributed by atoms with Crippen LogP contribution in [0.2, 0.25) is 0 Å². The number of nitrogens with zero attached hydrogens (tertiary/aromatic N) is 2. The fraction of sp³-hybridized carbons (Fsp3) is 0.938. The number of nitrogens with one attached hydrogen (secondary N) is 2. The van der Waals surface area contributed by atoms with Crippen molar-refractivity contribution < 1.29 is 4.74 Å². The molecule has 0 aromatic heterocycles. The van der Waals surface area contributed by atoms with E-state index in [0.717, 1.165) is 64.2 Å². The van der Waals surface area contributed by atoms with Gasteiger partial charge in [-0.15, -0.1) is 24.0 Å². The maximum absolute atomic E-state index is 5.80. The quantitative estimate of drug-likeness (QED) is 0.357. The third-order valence-electron chi connectivity index (χ3n) is 4.38. The first kappa shape index (κ1) is 20.0. The van der Waals surface area contributed by atoms with Gasteiger partial charge < -0.3 is 15.4 Å². The van der Waals surface area contributed by atoms with Crippen molar-refractivity contribution in [3.05, 3.63) is 0 Å². The fourth-order valence-electron chi connectivity index (χ4n) is 2.91. The summed E-state index contributed by atoms with van der Waals surface area (Å²) in [6, 6.07) is 0.835. The zero-order chi connectivity index (χ0) is 15.1. The van der Waals surface area contributed by atoms with Gasteiger partial charge >= 0.3 is 0 Å². The molecule has 0 bridgehead atoms. The second-order valence-electron chi connectivity index (χ2n) is 6.38. The Morgan fingerprint density at radius 3 is 2.64 bits per heavy atom. The van der Waals surface area contributed by atoms with Crippen molar-refractivity contribution >= 4 is 29.9 Å². The summed E-state index contributed by atoms with van der Waals surface area (Å²) in [5.41, 5.74) is -0.0637. The first-order chi connectivity index (χ1) is 10.2. The number of hydrogen-bond acceptors (Lipinski definition) is 3. The first-order valence-corrected chi connectivity index (χ1v) is 8.57. The van der Waals surface area contributed by atoms with E-state index in [2.05, 4.69) is 36.3 Å². The Hall–Kier alpha value is -0.0800. The van der Waals surface area contributed by atoms with Gasteiger partial charge in [-0.3, -0.25) is 9.89 Å². The average molecular weight is 424 g/mol. The number of guanidine groups is 1. The van der Waals surface area contributed by atoms with Crippen LogP contribution in [0.4, 0.5) is 0 Å². The number of ether oxygens (including phenoxy) is 1. The molecule has 0 aromatic rings. The Morgan fingerprint density at radius 2 is 2.09 bits per heavy atom. The van der Waals surface area contributed by atoms with Gasteiger partial charge in [0.2, 0.25) is 0 Å². The molecule has 130 valence electrons. The van der Waals surface area contributed by atoms with Gasteiger partial charge in [0.15, 0.2) is 5.96 Å². The monoisotopic (exact) mass is 424 g/mol. The van der Waals surface area contributed by atoms with Gasteiger partial charge in [0, 0.05) is 32.3 Å². The van der Waals surface area contributed by atoms with Crippen molar-refractivity contribution in [2.75, 3.05) is 39.3 Å². The topological polar surface area (TPSA) is 48.9 Å². The number of hydrogen-bond donors (Lipinski definition) is 2. The third kappa shape index (κ3) is 6.58. The summed E-state index contributed by atoms with van der Waals surface area (Å²) in [7, 11) is 0. The van der Waals surface area contributed by atoms with Gasteiger partial charge in [-0.1, -0.05) is 6.92 Å². The van der Waals surface area contributed by atoms with E-state index in [4.69, 9.17) is 9.73 Å². The Labute approximate surface area is 152 Å². The molecule has 0 amide bonds. The summed E-state index contributed by atoms with van der Waals surface area (Å²) < 4.78 is 5.80. The molecule has 2 fully saturated rings. The molecule has 1 atom stereocenters. The van der Waals surface area contributed by atoms with Crippen LogP contribution in [0.15, 0.2) is 4.99 Å². The normalized spacial score (nSPS) is 25.2. The van der Waals surface area contributed by atoms with Crippen molar-refractivity contribution in [3.8, 4) is 0 Å². The molecule has 2 aliphatic rings. The van der Waals surface area contributed by atoms with E-state index < -0.39 is 0 Å². The molecule has 1 unspecified atom stereocenters. The SMILES string of the molecule is CCNC(=NCC1(C)CCCO1)NCCN(CC)C1CC1.I. The molecule has 2 rings (SSSR count). The zero-order valence-electron chi connectivity index (χ0n) is 14.4. The van der Waals surface area contributed by atoms with E-state index in [-0.39, 0.29) is 29.6 Å². The molecule has 1 aliphatic heterocycles. The van der Waals surface area contributed by atoms with Gasteiger partial charge in [0.05, 0.1) is 12.1 Å². The lowest BCUT2D eigenvalue weighted by molar-refractivity contribution is 0.0283. The molecule has 22 heavy (non-hydrogen) atoms. The summed E-state index contributed by atoms with van der Waals surface area (Å²) >= 11 is 0. The first-order valence-electron chi connectivity index (χ1n) is 8.57. The minimum Gasteiger partial charge on any atom is -0.373 e. The number of halogens is 1. The molecule has 1 aliphatic carbocycles. The van der Waals surface area contributed by atoms with Crippen molar-refractivity contribution in [2.24, 2.45) is 4.99 Å². The minimum atomic E-state index is -0.0637. The second-order valence-corrected chi connectivity index (χ2v) is 6.38. The van der Waals surface area contributed by atoms with Gasteiger partial charge in [-0.25, -0.2) is 0 Å². The van der Waals surface area contributed by atoms with Crippen molar-refractivity contribution in [2.45, 2.75) is 58.1 Å². The largest absolute Gasteiger partial charge is 0.373 e. The highest BCUT2D eigenvalue weighted by atomic mass is 127. The van der Waals surface area contributed by atoms with E-state index in [1.165, 1.54) is 12.8 Å². The molecule has 1 heterocycles. The summed E-state index contributed by atoms with van der Waals surface area (Å²) in [6.45, 7) is 12.2. The maximum Gasteiger partial charge on any atom is 0.191 e. The van der Waals surface area contributed by atoms with Crippen LogP contribution in [0.5, 0.6) is 0 Å². The highest BCUT2D eigenvalue weighted by molar-refractivity contribution is 14.0. The maximum atomic E-state index is 5.80. The Balaban J connectivity index is 0.00000242. The lowest BCUT2D eigenvalue weighted by Crippen LogP contribution is -2.43. The zero-order valence-corrected chi connectivity index (χ0v) is 16.7. The van der Waals surface area contributed by atoms with Crippen LogP contribution in [-0.4, -0.2) is 61.8 Å². The summed E-state index contributed by atoms with van der Waals surface area (Å²) in [5, 5.41) is 6.78. The fourth-order valence-corrected chi connectivity index (χ4v) is 2.91. The molecule has 0 spiro atoms. The highest BCUT2D eigenvalue weighted by Crippen LogP contribution is 2.26. The molecule has 5 nitrogen and oxygen atoms in total. The predicted octanol–water partition coefficient (Wildman–Crippen LogP) is 2.21. The van der Waals surface area contributed by atoms with Crippen molar-refractivity contribution in [3.63, 3.8) is 0 Å². The Bertz CT molecular complexity index is 341. The standard InChI is InChI=1S/C16H32N4O.HI/c1-4-17-15(19-13-16(3)9-6-12-21-16)18-10-11-20(5-2)14-7-8-14;/h14H,4-13H2,1-3H3,(H2,17,18,19);1H. The average Bonchev–Trinajstić information content (AvgIpc) is 3.23. The third-order valence-corrected chi connectivity index (χ3v) is 4.38. The van der Waals surface area contributed by atoms with Crippen LogP contribution in [0.1, 0.15) is 46.5 Å². The summed E-state index contributed by atoms with van der Waals surface area (Å²) in [4.78, 5) is 7.25.